The average molecular weight is 292 g/mol. The lowest BCUT2D eigenvalue weighted by Gasteiger charge is -2.31. The van der Waals surface area contributed by atoms with Gasteiger partial charge in [0, 0.05) is 13.3 Å². The number of aliphatic hydroxyl groups excluding tert-OH is 1. The van der Waals surface area contributed by atoms with Gasteiger partial charge in [-0.15, -0.1) is 0 Å². The fraction of sp³-hybridized carbons (Fsp3) is 0.846. The maximum absolute atomic E-state index is 11.0. The summed E-state index contributed by atoms with van der Waals surface area (Å²) in [5.74, 6) is -0.360. The van der Waals surface area contributed by atoms with E-state index in [4.69, 9.17) is 19.3 Å². The summed E-state index contributed by atoms with van der Waals surface area (Å²) in [5, 5.41) is 8.42. The molecule has 0 aliphatic carbocycles. The summed E-state index contributed by atoms with van der Waals surface area (Å²) in [6, 6.07) is 0. The van der Waals surface area contributed by atoms with E-state index in [1.165, 1.54) is 6.92 Å². The molecule has 0 spiro atoms. The van der Waals surface area contributed by atoms with Crippen LogP contribution in [0.5, 0.6) is 0 Å². The van der Waals surface area contributed by atoms with Crippen molar-refractivity contribution in [1.29, 1.82) is 0 Å². The Morgan fingerprint density at radius 2 is 1.75 bits per heavy atom. The molecular formula is C13H24O7. The van der Waals surface area contributed by atoms with Crippen LogP contribution in [0.1, 0.15) is 41.0 Å². The molecule has 2 unspecified atom stereocenters. The van der Waals surface area contributed by atoms with Gasteiger partial charge in [-0.25, -0.2) is 4.79 Å². The number of ether oxygens (including phenoxy) is 4. The van der Waals surface area contributed by atoms with Crippen molar-refractivity contribution in [2.45, 2.75) is 58.8 Å². The minimum Gasteiger partial charge on any atom is -0.463 e. The van der Waals surface area contributed by atoms with Gasteiger partial charge in [0.25, 0.3) is 0 Å². The first-order valence-electron chi connectivity index (χ1n) is 6.41. The van der Waals surface area contributed by atoms with E-state index in [0.29, 0.717) is 6.42 Å². The first kappa shape index (κ1) is 18.7. The van der Waals surface area contributed by atoms with Crippen LogP contribution in [0.25, 0.3) is 0 Å². The van der Waals surface area contributed by atoms with Crippen molar-refractivity contribution < 1.29 is 33.6 Å². The highest BCUT2D eigenvalue weighted by Gasteiger charge is 2.26. The maximum Gasteiger partial charge on any atom is 0.510 e. The number of hydrogen-bond acceptors (Lipinski definition) is 7. The fourth-order valence-corrected chi connectivity index (χ4v) is 1.85. The Labute approximate surface area is 119 Å². The number of rotatable bonds is 8. The third kappa shape index (κ3) is 9.57. The van der Waals surface area contributed by atoms with Gasteiger partial charge in [0.2, 0.25) is 0 Å². The summed E-state index contributed by atoms with van der Waals surface area (Å²) >= 11 is 0. The van der Waals surface area contributed by atoms with Crippen molar-refractivity contribution in [3.8, 4) is 0 Å². The second-order valence-electron chi connectivity index (χ2n) is 5.15. The molecule has 0 aliphatic rings. The van der Waals surface area contributed by atoms with E-state index in [1.807, 2.05) is 13.8 Å². The highest BCUT2D eigenvalue weighted by atomic mass is 16.8. The van der Waals surface area contributed by atoms with Gasteiger partial charge in [-0.1, -0.05) is 0 Å². The molecule has 0 amide bonds. The third-order valence-electron chi connectivity index (χ3n) is 2.30. The molecule has 0 bridgehead atoms. The van der Waals surface area contributed by atoms with Crippen LogP contribution in [-0.2, 0) is 23.7 Å². The first-order chi connectivity index (χ1) is 9.16. The molecule has 0 radical (unpaired) electrons. The number of carbonyl (C=O) groups is 2. The number of esters is 1. The highest BCUT2D eigenvalue weighted by molar-refractivity contribution is 5.65. The molecule has 0 saturated carbocycles. The number of hydrogen-bond donors (Lipinski definition) is 1. The van der Waals surface area contributed by atoms with Crippen molar-refractivity contribution in [1.82, 2.24) is 0 Å². The molecule has 0 fully saturated rings. The van der Waals surface area contributed by atoms with E-state index in [1.54, 1.807) is 13.8 Å². The molecule has 7 nitrogen and oxygen atoms in total. The Morgan fingerprint density at radius 3 is 2.25 bits per heavy atom. The zero-order chi connectivity index (χ0) is 15.8. The molecule has 118 valence electrons. The summed E-state index contributed by atoms with van der Waals surface area (Å²) in [4.78, 5) is 21.7. The van der Waals surface area contributed by atoms with E-state index in [2.05, 4.69) is 4.74 Å². The van der Waals surface area contributed by atoms with Crippen molar-refractivity contribution >= 4 is 12.1 Å². The molecule has 0 aliphatic heterocycles. The molecule has 0 aromatic carbocycles. The van der Waals surface area contributed by atoms with Gasteiger partial charge in [-0.05, 0) is 27.7 Å². The molecule has 1 N–H and O–H groups in total. The van der Waals surface area contributed by atoms with Crippen LogP contribution in [0.4, 0.5) is 4.79 Å². The van der Waals surface area contributed by atoms with Gasteiger partial charge in [0.15, 0.2) is 6.79 Å². The summed E-state index contributed by atoms with van der Waals surface area (Å²) in [6.45, 7) is 7.95. The van der Waals surface area contributed by atoms with Gasteiger partial charge in [0.05, 0.1) is 11.7 Å². The van der Waals surface area contributed by atoms with Crippen molar-refractivity contribution in [3.05, 3.63) is 0 Å². The zero-order valence-corrected chi connectivity index (χ0v) is 12.7. The van der Waals surface area contributed by atoms with Crippen LogP contribution in [0.2, 0.25) is 0 Å². The van der Waals surface area contributed by atoms with Crippen molar-refractivity contribution in [3.63, 3.8) is 0 Å². The topological polar surface area (TPSA) is 91.3 Å². The smallest absolute Gasteiger partial charge is 0.463 e. The molecule has 0 aromatic rings. The van der Waals surface area contributed by atoms with E-state index in [9.17, 15) is 9.59 Å². The van der Waals surface area contributed by atoms with Crippen LogP contribution in [0.15, 0.2) is 0 Å². The molecule has 0 heterocycles. The Balaban J connectivity index is 4.15. The van der Waals surface area contributed by atoms with Crippen LogP contribution in [0.3, 0.4) is 0 Å². The molecule has 0 saturated heterocycles. The minimum absolute atomic E-state index is 0.167. The van der Waals surface area contributed by atoms with Gasteiger partial charge < -0.3 is 24.1 Å². The monoisotopic (exact) mass is 292 g/mol. The summed E-state index contributed by atoms with van der Waals surface area (Å²) in [7, 11) is 0. The predicted octanol–water partition coefficient (Wildman–Crippen LogP) is 1.61. The molecular weight excluding hydrogens is 268 g/mol. The zero-order valence-electron chi connectivity index (χ0n) is 12.7. The predicted molar refractivity (Wildman–Crippen MR) is 70.0 cm³/mol. The van der Waals surface area contributed by atoms with Crippen molar-refractivity contribution in [2.75, 3.05) is 13.4 Å². The number of aliphatic hydroxyl groups is 1. The third-order valence-corrected chi connectivity index (χ3v) is 2.30. The molecule has 20 heavy (non-hydrogen) atoms. The van der Waals surface area contributed by atoms with Crippen LogP contribution < -0.4 is 0 Å². The Hall–Kier alpha value is -1.34. The minimum atomic E-state index is -0.927. The lowest BCUT2D eigenvalue weighted by molar-refractivity contribution is -0.152. The van der Waals surface area contributed by atoms with Gasteiger partial charge in [-0.2, -0.15) is 0 Å². The van der Waals surface area contributed by atoms with E-state index < -0.39 is 24.7 Å². The second kappa shape index (κ2) is 8.76. The van der Waals surface area contributed by atoms with E-state index >= 15 is 0 Å². The SMILES string of the molecule is CC(=O)OCC(C)OC(C)(C)CC(C)OC(=O)OCO. The average Bonchev–Trinajstić information content (AvgIpc) is 2.24. The molecule has 0 rings (SSSR count). The summed E-state index contributed by atoms with van der Waals surface area (Å²) in [6.07, 6.45) is -1.21. The normalized spacial score (nSPS) is 14.3. The molecule has 7 heteroatoms. The Morgan fingerprint density at radius 1 is 1.15 bits per heavy atom. The van der Waals surface area contributed by atoms with Crippen molar-refractivity contribution in [2.24, 2.45) is 0 Å². The fourth-order valence-electron chi connectivity index (χ4n) is 1.85. The highest BCUT2D eigenvalue weighted by Crippen LogP contribution is 2.21. The van der Waals surface area contributed by atoms with Gasteiger partial charge in [0.1, 0.15) is 12.7 Å². The Kier molecular flexibility index (Phi) is 8.17. The number of carbonyl (C=O) groups excluding carboxylic acids is 2. The van der Waals surface area contributed by atoms with Crippen LogP contribution in [-0.4, -0.2) is 48.4 Å². The standard InChI is InChI=1S/C13H24O7/c1-9(19-12(16)18-8-14)6-13(4,5)20-10(2)7-17-11(3)15/h9-10,14H,6-8H2,1-5H3. The first-order valence-corrected chi connectivity index (χ1v) is 6.41. The lowest BCUT2D eigenvalue weighted by atomic mass is 10.0. The van der Waals surface area contributed by atoms with Gasteiger partial charge >= 0.3 is 12.1 Å². The molecule has 0 aromatic heterocycles. The van der Waals surface area contributed by atoms with Crippen LogP contribution in [0, 0.1) is 0 Å². The summed E-state index contributed by atoms with van der Waals surface area (Å²) in [5.41, 5.74) is -0.571. The van der Waals surface area contributed by atoms with E-state index in [-0.39, 0.29) is 18.7 Å². The second-order valence-corrected chi connectivity index (χ2v) is 5.15. The summed E-state index contributed by atoms with van der Waals surface area (Å²) < 4.78 is 19.8. The largest absolute Gasteiger partial charge is 0.510 e. The Bertz CT molecular complexity index is 314. The lowest BCUT2D eigenvalue weighted by Crippen LogP contribution is -2.36. The van der Waals surface area contributed by atoms with E-state index in [0.717, 1.165) is 0 Å². The molecule has 2 atom stereocenters. The van der Waals surface area contributed by atoms with Gasteiger partial charge in [-0.3, -0.25) is 4.79 Å². The quantitative estimate of drug-likeness (QED) is 0.537. The van der Waals surface area contributed by atoms with Crippen LogP contribution >= 0.6 is 0 Å². The maximum atomic E-state index is 11.0.